The summed E-state index contributed by atoms with van der Waals surface area (Å²) in [4.78, 5) is 12.1. The summed E-state index contributed by atoms with van der Waals surface area (Å²) in [5, 5.41) is 3.90. The number of esters is 1. The molecule has 168 valence electrons. The Kier molecular flexibility index (Phi) is 6.98. The summed E-state index contributed by atoms with van der Waals surface area (Å²) in [5.41, 5.74) is 1.90. The van der Waals surface area contributed by atoms with Crippen LogP contribution in [0.3, 0.4) is 0 Å². The van der Waals surface area contributed by atoms with Crippen molar-refractivity contribution in [1.29, 1.82) is 0 Å². The molecule has 1 aliphatic heterocycles. The highest BCUT2D eigenvalue weighted by molar-refractivity contribution is 7.92. The largest absolute Gasteiger partial charge is 0.466 e. The molecule has 2 aromatic carbocycles. The van der Waals surface area contributed by atoms with Crippen LogP contribution in [-0.2, 0) is 19.6 Å². The van der Waals surface area contributed by atoms with E-state index < -0.39 is 10.0 Å². The standard InChI is InChI=1S/C23H29ClN2O4S/c1-5-30-21(27)15-23(2,3)12-13-25-22-17-8-6-7-9-19(17)26(4)31(28,29)20-14-16(24)10-11-18(20)22/h6-11,14,22,25H,5,12-13,15H2,1-4H3. The maximum Gasteiger partial charge on any atom is 0.306 e. The second kappa shape index (κ2) is 9.18. The highest BCUT2D eigenvalue weighted by atomic mass is 35.5. The number of fused-ring (bicyclic) bond motifs is 2. The predicted molar refractivity (Wildman–Crippen MR) is 123 cm³/mol. The molecule has 0 radical (unpaired) electrons. The second-order valence-corrected chi connectivity index (χ2v) is 10.9. The van der Waals surface area contributed by atoms with E-state index in [-0.39, 0.29) is 22.3 Å². The SMILES string of the molecule is CCOC(=O)CC(C)(C)CCNC1c2ccccc2N(C)S(=O)(=O)c2cc(Cl)ccc21. The number of anilines is 1. The minimum absolute atomic E-state index is 0.196. The van der Waals surface area contributed by atoms with Crippen LogP contribution in [0.15, 0.2) is 47.4 Å². The summed E-state index contributed by atoms with van der Waals surface area (Å²) in [6, 6.07) is 12.1. The number of benzene rings is 2. The Morgan fingerprint density at radius 3 is 2.61 bits per heavy atom. The number of ether oxygens (including phenoxy) is 1. The van der Waals surface area contributed by atoms with E-state index >= 15 is 0 Å². The lowest BCUT2D eigenvalue weighted by Crippen LogP contribution is -2.29. The second-order valence-electron chi connectivity index (χ2n) is 8.50. The van der Waals surface area contributed by atoms with Gasteiger partial charge in [0, 0.05) is 12.1 Å². The number of nitrogens with one attached hydrogen (secondary N) is 1. The van der Waals surface area contributed by atoms with Crippen LogP contribution in [0.2, 0.25) is 5.02 Å². The third kappa shape index (κ3) is 5.05. The quantitative estimate of drug-likeness (QED) is 0.609. The molecule has 1 N–H and O–H groups in total. The fourth-order valence-corrected chi connectivity index (χ4v) is 5.62. The van der Waals surface area contributed by atoms with E-state index in [1.165, 1.54) is 10.4 Å². The Morgan fingerprint density at radius 1 is 1.19 bits per heavy atom. The zero-order chi connectivity index (χ0) is 22.8. The minimum atomic E-state index is -3.75. The number of para-hydroxylation sites is 1. The maximum absolute atomic E-state index is 13.3. The highest BCUT2D eigenvalue weighted by Gasteiger charge is 2.35. The summed E-state index contributed by atoms with van der Waals surface area (Å²) in [5.74, 6) is -0.208. The summed E-state index contributed by atoms with van der Waals surface area (Å²) in [7, 11) is -2.19. The summed E-state index contributed by atoms with van der Waals surface area (Å²) in [6.45, 7) is 6.81. The summed E-state index contributed by atoms with van der Waals surface area (Å²) in [6.07, 6.45) is 1.04. The lowest BCUT2D eigenvalue weighted by atomic mass is 9.85. The molecule has 0 amide bonds. The van der Waals surface area contributed by atoms with Crippen molar-refractivity contribution in [2.45, 2.75) is 44.6 Å². The topological polar surface area (TPSA) is 75.7 Å². The Balaban J connectivity index is 1.93. The van der Waals surface area contributed by atoms with Crippen molar-refractivity contribution in [1.82, 2.24) is 5.32 Å². The van der Waals surface area contributed by atoms with Crippen molar-refractivity contribution in [3.63, 3.8) is 0 Å². The molecule has 0 spiro atoms. The van der Waals surface area contributed by atoms with Crippen LogP contribution in [0, 0.1) is 5.41 Å². The number of sulfonamides is 1. The molecule has 3 rings (SSSR count). The van der Waals surface area contributed by atoms with Gasteiger partial charge in [0.1, 0.15) is 0 Å². The van der Waals surface area contributed by atoms with Crippen molar-refractivity contribution in [3.05, 3.63) is 58.6 Å². The van der Waals surface area contributed by atoms with Crippen LogP contribution in [0.1, 0.15) is 50.8 Å². The summed E-state index contributed by atoms with van der Waals surface area (Å²) >= 11 is 6.16. The first kappa shape index (κ1) is 23.6. The Morgan fingerprint density at radius 2 is 1.90 bits per heavy atom. The smallest absolute Gasteiger partial charge is 0.306 e. The van der Waals surface area contributed by atoms with Crippen molar-refractivity contribution in [2.24, 2.45) is 5.41 Å². The number of carbonyl (C=O) groups is 1. The van der Waals surface area contributed by atoms with Crippen molar-refractivity contribution in [3.8, 4) is 0 Å². The monoisotopic (exact) mass is 464 g/mol. The molecule has 6 nitrogen and oxygen atoms in total. The van der Waals surface area contributed by atoms with Gasteiger partial charge < -0.3 is 10.1 Å². The van der Waals surface area contributed by atoms with Crippen LogP contribution in [-0.4, -0.2) is 34.6 Å². The van der Waals surface area contributed by atoms with Gasteiger partial charge in [0.05, 0.1) is 29.7 Å². The third-order valence-corrected chi connectivity index (χ3v) is 7.65. The zero-order valence-corrected chi connectivity index (χ0v) is 19.9. The molecule has 0 aromatic heterocycles. The van der Waals surface area contributed by atoms with Crippen LogP contribution >= 0.6 is 11.6 Å². The van der Waals surface area contributed by atoms with Gasteiger partial charge in [-0.15, -0.1) is 0 Å². The molecule has 0 aliphatic carbocycles. The van der Waals surface area contributed by atoms with Gasteiger partial charge in [-0.05, 0) is 54.6 Å². The number of hydrogen-bond acceptors (Lipinski definition) is 5. The molecular formula is C23H29ClN2O4S. The minimum Gasteiger partial charge on any atom is -0.466 e. The first-order valence-electron chi connectivity index (χ1n) is 10.3. The molecule has 0 saturated heterocycles. The number of carbonyl (C=O) groups excluding carboxylic acids is 1. The van der Waals surface area contributed by atoms with Crippen LogP contribution < -0.4 is 9.62 Å². The van der Waals surface area contributed by atoms with E-state index in [2.05, 4.69) is 5.32 Å². The van der Waals surface area contributed by atoms with E-state index in [4.69, 9.17) is 16.3 Å². The fraction of sp³-hybridized carbons (Fsp3) is 0.435. The number of hydrogen-bond donors (Lipinski definition) is 1. The van der Waals surface area contributed by atoms with E-state index in [1.54, 1.807) is 32.2 Å². The normalized spacial score (nSPS) is 17.5. The third-order valence-electron chi connectivity index (χ3n) is 5.59. The van der Waals surface area contributed by atoms with Crippen molar-refractivity contribution >= 4 is 33.3 Å². The van der Waals surface area contributed by atoms with Crippen LogP contribution in [0.5, 0.6) is 0 Å². The van der Waals surface area contributed by atoms with Gasteiger partial charge >= 0.3 is 5.97 Å². The maximum atomic E-state index is 13.3. The first-order valence-corrected chi connectivity index (χ1v) is 12.1. The molecule has 0 saturated carbocycles. The average Bonchev–Trinajstić information content (AvgIpc) is 2.76. The fourth-order valence-electron chi connectivity index (χ4n) is 3.90. The first-order chi connectivity index (χ1) is 14.6. The molecule has 1 heterocycles. The lowest BCUT2D eigenvalue weighted by Gasteiger charge is -2.26. The van der Waals surface area contributed by atoms with Gasteiger partial charge in [-0.1, -0.05) is 49.7 Å². The van der Waals surface area contributed by atoms with Crippen molar-refractivity contribution in [2.75, 3.05) is 24.5 Å². The Hall–Kier alpha value is -2.09. The number of rotatable bonds is 7. The molecule has 0 bridgehead atoms. The molecule has 31 heavy (non-hydrogen) atoms. The number of nitrogens with zero attached hydrogens (tertiary/aromatic N) is 1. The molecule has 1 unspecified atom stereocenters. The van der Waals surface area contributed by atoms with Gasteiger partial charge in [-0.2, -0.15) is 0 Å². The van der Waals surface area contributed by atoms with E-state index in [9.17, 15) is 13.2 Å². The van der Waals surface area contributed by atoms with E-state index in [0.29, 0.717) is 35.8 Å². The molecule has 2 aromatic rings. The average molecular weight is 465 g/mol. The van der Waals surface area contributed by atoms with Gasteiger partial charge in [-0.3, -0.25) is 9.10 Å². The molecule has 1 atom stereocenters. The van der Waals surface area contributed by atoms with E-state index in [1.807, 2.05) is 32.0 Å². The molecular weight excluding hydrogens is 436 g/mol. The van der Waals surface area contributed by atoms with Gasteiger partial charge in [0.25, 0.3) is 10.0 Å². The Bertz CT molecular complexity index is 1070. The predicted octanol–water partition coefficient (Wildman–Crippen LogP) is 4.53. The van der Waals surface area contributed by atoms with Crippen LogP contribution in [0.4, 0.5) is 5.69 Å². The van der Waals surface area contributed by atoms with Crippen molar-refractivity contribution < 1.29 is 17.9 Å². The molecule has 1 aliphatic rings. The lowest BCUT2D eigenvalue weighted by molar-refractivity contribution is -0.145. The van der Waals surface area contributed by atoms with E-state index in [0.717, 1.165) is 12.0 Å². The van der Waals surface area contributed by atoms with Crippen LogP contribution in [0.25, 0.3) is 0 Å². The molecule has 0 fully saturated rings. The van der Waals surface area contributed by atoms with Gasteiger partial charge in [-0.25, -0.2) is 8.42 Å². The highest BCUT2D eigenvalue weighted by Crippen LogP contribution is 2.41. The van der Waals surface area contributed by atoms with Gasteiger partial charge in [0.15, 0.2) is 0 Å². The molecule has 8 heteroatoms. The zero-order valence-electron chi connectivity index (χ0n) is 18.3. The van der Waals surface area contributed by atoms with Gasteiger partial charge in [0.2, 0.25) is 0 Å². The number of halogens is 1. The Labute approximate surface area is 189 Å². The summed E-state index contributed by atoms with van der Waals surface area (Å²) < 4.78 is 33.0.